The van der Waals surface area contributed by atoms with Crippen LogP contribution in [0.4, 0.5) is 10.5 Å². The summed E-state index contributed by atoms with van der Waals surface area (Å²) in [6.45, 7) is 3.84. The summed E-state index contributed by atoms with van der Waals surface area (Å²) in [5.41, 5.74) is 4.15. The highest BCUT2D eigenvalue weighted by Gasteiger charge is 2.35. The van der Waals surface area contributed by atoms with Crippen LogP contribution in [0.3, 0.4) is 0 Å². The third-order valence-electron chi connectivity index (χ3n) is 5.44. The molecule has 3 aromatic rings. The largest absolute Gasteiger partial charge is 0.483 e. The average molecular weight is 630 g/mol. The molecular formula is C27H22Br2N2O4S. The highest BCUT2D eigenvalue weighted by Crippen LogP contribution is 2.36. The van der Waals surface area contributed by atoms with Gasteiger partial charge in [0.05, 0.1) is 11.4 Å². The summed E-state index contributed by atoms with van der Waals surface area (Å²) < 4.78 is 7.40. The second-order valence-electron chi connectivity index (χ2n) is 8.20. The van der Waals surface area contributed by atoms with Gasteiger partial charge in [0.15, 0.2) is 6.61 Å². The number of anilines is 1. The van der Waals surface area contributed by atoms with Gasteiger partial charge in [0, 0.05) is 20.2 Å². The van der Waals surface area contributed by atoms with E-state index in [1.54, 1.807) is 24.3 Å². The van der Waals surface area contributed by atoms with E-state index in [4.69, 9.17) is 4.74 Å². The number of thioether (sulfide) groups is 1. The third kappa shape index (κ3) is 6.27. The molecule has 1 heterocycles. The molecule has 3 aromatic carbocycles. The highest BCUT2D eigenvalue weighted by molar-refractivity contribution is 9.10. The Hall–Kier alpha value is -2.88. The fraction of sp³-hybridized carbons (Fsp3) is 0.148. The van der Waals surface area contributed by atoms with E-state index < -0.39 is 0 Å². The van der Waals surface area contributed by atoms with Crippen molar-refractivity contribution < 1.29 is 19.1 Å². The third-order valence-corrected chi connectivity index (χ3v) is 7.62. The molecule has 1 aliphatic rings. The van der Waals surface area contributed by atoms with Gasteiger partial charge >= 0.3 is 0 Å². The number of benzene rings is 3. The first-order chi connectivity index (χ1) is 17.2. The zero-order valence-corrected chi connectivity index (χ0v) is 23.5. The quantitative estimate of drug-likeness (QED) is 0.283. The number of amides is 3. The highest BCUT2D eigenvalue weighted by atomic mass is 79.9. The van der Waals surface area contributed by atoms with E-state index >= 15 is 0 Å². The summed E-state index contributed by atoms with van der Waals surface area (Å²) in [6.07, 6.45) is 1.62. The topological polar surface area (TPSA) is 75.7 Å². The van der Waals surface area contributed by atoms with Gasteiger partial charge in [-0.1, -0.05) is 62.2 Å². The van der Waals surface area contributed by atoms with Crippen molar-refractivity contribution in [2.75, 3.05) is 11.9 Å². The summed E-state index contributed by atoms with van der Waals surface area (Å²) in [7, 11) is 0. The number of nitrogens with one attached hydrogen (secondary N) is 1. The lowest BCUT2D eigenvalue weighted by Crippen LogP contribution is -2.27. The number of hydrogen-bond acceptors (Lipinski definition) is 5. The van der Waals surface area contributed by atoms with E-state index in [-0.39, 0.29) is 35.1 Å². The lowest BCUT2D eigenvalue weighted by molar-refractivity contribution is -0.123. The molecular weight excluding hydrogens is 608 g/mol. The van der Waals surface area contributed by atoms with Crippen LogP contribution in [0, 0.1) is 13.8 Å². The van der Waals surface area contributed by atoms with Crippen LogP contribution in [0.1, 0.15) is 22.3 Å². The first kappa shape index (κ1) is 26.2. The van der Waals surface area contributed by atoms with Crippen LogP contribution in [0.2, 0.25) is 0 Å². The fourth-order valence-electron chi connectivity index (χ4n) is 3.54. The maximum absolute atomic E-state index is 13.0. The van der Waals surface area contributed by atoms with Crippen LogP contribution in [0.25, 0.3) is 6.08 Å². The first-order valence-corrected chi connectivity index (χ1v) is 13.4. The number of carbonyl (C=O) groups is 3. The molecule has 4 rings (SSSR count). The Kier molecular flexibility index (Phi) is 8.33. The summed E-state index contributed by atoms with van der Waals surface area (Å²) in [6, 6.07) is 18.6. The van der Waals surface area contributed by atoms with E-state index in [9.17, 15) is 14.4 Å². The van der Waals surface area contributed by atoms with Crippen molar-refractivity contribution in [3.8, 4) is 5.75 Å². The van der Waals surface area contributed by atoms with Crippen molar-refractivity contribution in [2.45, 2.75) is 20.4 Å². The van der Waals surface area contributed by atoms with Crippen LogP contribution in [-0.2, 0) is 16.1 Å². The average Bonchev–Trinajstić information content (AvgIpc) is 3.09. The molecule has 1 fully saturated rings. The lowest BCUT2D eigenvalue weighted by atomic mass is 10.1. The van der Waals surface area contributed by atoms with Gasteiger partial charge in [0.2, 0.25) is 0 Å². The SMILES string of the molecule is Cc1ccc(C)c(NC(=O)COc2ccc(Br)cc2/C=C2\SC(=O)N(Cc3ccccc3Br)C2=O)c1. The predicted octanol–water partition coefficient (Wildman–Crippen LogP) is 7.08. The number of halogens is 2. The van der Waals surface area contributed by atoms with E-state index in [0.29, 0.717) is 11.3 Å². The van der Waals surface area contributed by atoms with Gasteiger partial charge in [-0.15, -0.1) is 0 Å². The number of ether oxygens (including phenoxy) is 1. The minimum atomic E-state index is -0.376. The zero-order valence-electron chi connectivity index (χ0n) is 19.5. The second kappa shape index (κ2) is 11.5. The van der Waals surface area contributed by atoms with Crippen molar-refractivity contribution in [1.29, 1.82) is 0 Å². The number of imide groups is 1. The molecule has 0 spiro atoms. The first-order valence-electron chi connectivity index (χ1n) is 11.0. The summed E-state index contributed by atoms with van der Waals surface area (Å²) in [4.78, 5) is 39.7. The van der Waals surface area contributed by atoms with E-state index in [2.05, 4.69) is 37.2 Å². The van der Waals surface area contributed by atoms with E-state index in [1.165, 1.54) is 4.90 Å². The molecule has 1 aliphatic heterocycles. The van der Waals surface area contributed by atoms with Gasteiger partial charge in [-0.05, 0) is 78.7 Å². The standard InChI is InChI=1S/C27H22Br2N2O4S/c1-16-7-8-17(2)22(11-16)30-25(32)15-35-23-10-9-20(28)12-19(23)13-24-26(33)31(27(34)36-24)14-18-5-3-4-6-21(18)29/h3-13H,14-15H2,1-2H3,(H,30,32)/b24-13-. The Balaban J connectivity index is 1.49. The van der Waals surface area contributed by atoms with Gasteiger partial charge in [-0.2, -0.15) is 0 Å². The van der Waals surface area contributed by atoms with Crippen molar-refractivity contribution in [3.05, 3.63) is 96.8 Å². The second-order valence-corrected chi connectivity index (χ2v) is 11.0. The van der Waals surface area contributed by atoms with Crippen LogP contribution < -0.4 is 10.1 Å². The van der Waals surface area contributed by atoms with Crippen LogP contribution >= 0.6 is 43.6 Å². The molecule has 0 aromatic heterocycles. The van der Waals surface area contributed by atoms with Crippen molar-refractivity contribution in [3.63, 3.8) is 0 Å². The Morgan fingerprint density at radius 2 is 1.83 bits per heavy atom. The molecule has 184 valence electrons. The van der Waals surface area contributed by atoms with E-state index in [1.807, 2.05) is 56.3 Å². The molecule has 0 aliphatic carbocycles. The van der Waals surface area contributed by atoms with Gasteiger partial charge in [-0.25, -0.2) is 0 Å². The monoisotopic (exact) mass is 628 g/mol. The Morgan fingerprint density at radius 3 is 2.61 bits per heavy atom. The van der Waals surface area contributed by atoms with Gasteiger partial charge < -0.3 is 10.1 Å². The summed E-state index contributed by atoms with van der Waals surface area (Å²) in [5, 5.41) is 2.53. The lowest BCUT2D eigenvalue weighted by Gasteiger charge is -2.14. The number of rotatable bonds is 7. The fourth-order valence-corrected chi connectivity index (χ4v) is 5.16. The molecule has 9 heteroatoms. The molecule has 1 saturated heterocycles. The Morgan fingerprint density at radius 1 is 1.06 bits per heavy atom. The minimum Gasteiger partial charge on any atom is -0.483 e. The maximum Gasteiger partial charge on any atom is 0.293 e. The molecule has 1 N–H and O–H groups in total. The van der Waals surface area contributed by atoms with Crippen molar-refractivity contribution >= 4 is 72.4 Å². The van der Waals surface area contributed by atoms with Crippen molar-refractivity contribution in [1.82, 2.24) is 4.90 Å². The number of carbonyl (C=O) groups excluding carboxylic acids is 3. The normalized spacial score (nSPS) is 14.4. The van der Waals surface area contributed by atoms with Crippen LogP contribution in [-0.4, -0.2) is 28.6 Å². The Labute approximate surface area is 230 Å². The molecule has 6 nitrogen and oxygen atoms in total. The predicted molar refractivity (Wildman–Crippen MR) is 150 cm³/mol. The van der Waals surface area contributed by atoms with Crippen molar-refractivity contribution in [2.24, 2.45) is 0 Å². The summed E-state index contributed by atoms with van der Waals surface area (Å²) >= 11 is 7.78. The molecule has 0 saturated carbocycles. The molecule has 0 atom stereocenters. The molecule has 3 amide bonds. The number of nitrogens with zero attached hydrogens (tertiary/aromatic N) is 1. The summed E-state index contributed by atoms with van der Waals surface area (Å²) in [5.74, 6) is -0.252. The van der Waals surface area contributed by atoms with E-state index in [0.717, 1.165) is 43.1 Å². The van der Waals surface area contributed by atoms with Gasteiger partial charge in [0.25, 0.3) is 17.1 Å². The Bertz CT molecular complexity index is 1390. The maximum atomic E-state index is 13.0. The van der Waals surface area contributed by atoms with Crippen LogP contribution in [0.5, 0.6) is 5.75 Å². The number of aryl methyl sites for hydroxylation is 2. The smallest absolute Gasteiger partial charge is 0.293 e. The minimum absolute atomic E-state index is 0.170. The molecule has 0 radical (unpaired) electrons. The number of hydrogen-bond donors (Lipinski definition) is 1. The van der Waals surface area contributed by atoms with Crippen LogP contribution in [0.15, 0.2) is 74.5 Å². The molecule has 0 bridgehead atoms. The van der Waals surface area contributed by atoms with Gasteiger partial charge in [-0.3, -0.25) is 19.3 Å². The zero-order chi connectivity index (χ0) is 25.8. The molecule has 0 unspecified atom stereocenters. The molecule has 36 heavy (non-hydrogen) atoms. The van der Waals surface area contributed by atoms with Gasteiger partial charge in [0.1, 0.15) is 5.75 Å².